The maximum Gasteiger partial charge on any atom is 0.305 e. The minimum atomic E-state index is -0.891. The van der Waals surface area contributed by atoms with Crippen LogP contribution in [0.4, 0.5) is 0 Å². The molecule has 7 heteroatoms. The Bertz CT molecular complexity index is 636. The Morgan fingerprint density at radius 1 is 1.32 bits per heavy atom. The van der Waals surface area contributed by atoms with Gasteiger partial charge in [0.05, 0.1) is 23.8 Å². The van der Waals surface area contributed by atoms with Crippen molar-refractivity contribution in [3.05, 3.63) is 17.5 Å². The number of aryl methyl sites for hydroxylation is 1. The lowest BCUT2D eigenvalue weighted by Gasteiger charge is -2.25. The van der Waals surface area contributed by atoms with Crippen LogP contribution in [0.25, 0.3) is 0 Å². The Balaban J connectivity index is 1.85. The number of nitrogens with zero attached hydrogens (tertiary/aromatic N) is 3. The van der Waals surface area contributed by atoms with Crippen molar-refractivity contribution < 1.29 is 19.4 Å². The summed E-state index contributed by atoms with van der Waals surface area (Å²) in [6, 6.07) is -0.325. The highest BCUT2D eigenvalue weighted by molar-refractivity contribution is 5.96. The third-order valence-electron chi connectivity index (χ3n) is 5.46. The van der Waals surface area contributed by atoms with Crippen LogP contribution in [0.3, 0.4) is 0 Å². The molecule has 138 valence electrons. The predicted octanol–water partition coefficient (Wildman–Crippen LogP) is 2.17. The topological polar surface area (TPSA) is 84.7 Å². The minimum Gasteiger partial charge on any atom is -0.481 e. The molecule has 0 unspecified atom stereocenters. The molecular weight excluding hydrogens is 322 g/mol. The second-order valence-corrected chi connectivity index (χ2v) is 7.24. The number of ether oxygens (including phenoxy) is 1. The van der Waals surface area contributed by atoms with Gasteiger partial charge in [-0.3, -0.25) is 14.3 Å². The van der Waals surface area contributed by atoms with Gasteiger partial charge in [-0.05, 0) is 19.3 Å². The van der Waals surface area contributed by atoms with Crippen LogP contribution in [-0.4, -0.2) is 57.5 Å². The Morgan fingerprint density at radius 3 is 2.68 bits per heavy atom. The lowest BCUT2D eigenvalue weighted by atomic mass is 9.85. The number of carbonyl (C=O) groups is 2. The number of carbonyl (C=O) groups excluding carboxylic acids is 1. The van der Waals surface area contributed by atoms with Crippen LogP contribution in [0.15, 0.2) is 6.20 Å². The standard InChI is InChI=1S/C18H27N3O4/c1-20-11-15(17(19-20)12-6-4-3-5-7-12)18(24)21-10-14(25-2)8-13(21)9-16(22)23/h11-14H,3-10H2,1-2H3,(H,22,23)/t13-,14+/m0/s1. The van der Waals surface area contributed by atoms with Crippen molar-refractivity contribution in [1.82, 2.24) is 14.7 Å². The molecule has 1 N–H and O–H groups in total. The van der Waals surface area contributed by atoms with Crippen molar-refractivity contribution in [3.8, 4) is 0 Å². The number of methoxy groups -OCH3 is 1. The number of hydrogen-bond donors (Lipinski definition) is 1. The first-order chi connectivity index (χ1) is 12.0. The summed E-state index contributed by atoms with van der Waals surface area (Å²) < 4.78 is 7.08. The number of aliphatic carboxylic acids is 1. The largest absolute Gasteiger partial charge is 0.481 e. The van der Waals surface area contributed by atoms with E-state index in [1.165, 1.54) is 19.3 Å². The summed E-state index contributed by atoms with van der Waals surface area (Å²) in [4.78, 5) is 26.1. The summed E-state index contributed by atoms with van der Waals surface area (Å²) in [6.45, 7) is 0.437. The Morgan fingerprint density at radius 2 is 2.04 bits per heavy atom. The van der Waals surface area contributed by atoms with E-state index < -0.39 is 5.97 Å². The zero-order chi connectivity index (χ0) is 18.0. The third-order valence-corrected chi connectivity index (χ3v) is 5.46. The van der Waals surface area contributed by atoms with Crippen LogP contribution in [0.5, 0.6) is 0 Å². The molecule has 1 aliphatic heterocycles. The van der Waals surface area contributed by atoms with Gasteiger partial charge >= 0.3 is 5.97 Å². The Hall–Kier alpha value is -1.89. The van der Waals surface area contributed by atoms with Gasteiger partial charge in [0.1, 0.15) is 0 Å². The summed E-state index contributed by atoms with van der Waals surface area (Å²) in [5.74, 6) is -0.676. The molecule has 2 heterocycles. The highest BCUT2D eigenvalue weighted by Crippen LogP contribution is 2.35. The van der Waals surface area contributed by atoms with Crippen molar-refractivity contribution >= 4 is 11.9 Å². The van der Waals surface area contributed by atoms with Gasteiger partial charge < -0.3 is 14.7 Å². The highest BCUT2D eigenvalue weighted by Gasteiger charge is 2.38. The van der Waals surface area contributed by atoms with E-state index in [0.717, 1.165) is 18.5 Å². The second kappa shape index (κ2) is 7.56. The summed E-state index contributed by atoms with van der Waals surface area (Å²) in [7, 11) is 3.44. The molecule has 0 spiro atoms. The summed E-state index contributed by atoms with van der Waals surface area (Å²) in [5.41, 5.74) is 1.50. The molecule has 25 heavy (non-hydrogen) atoms. The fourth-order valence-corrected chi connectivity index (χ4v) is 4.19. The number of likely N-dealkylation sites (tertiary alicyclic amines) is 1. The lowest BCUT2D eigenvalue weighted by molar-refractivity contribution is -0.137. The van der Waals surface area contributed by atoms with Gasteiger partial charge in [0.2, 0.25) is 0 Å². The molecule has 2 fully saturated rings. The van der Waals surface area contributed by atoms with Gasteiger partial charge in [-0.15, -0.1) is 0 Å². The van der Waals surface area contributed by atoms with Gasteiger partial charge in [-0.1, -0.05) is 19.3 Å². The SMILES string of the molecule is CO[C@@H]1C[C@@H](CC(=O)O)N(C(=O)c2cn(C)nc2C2CCCCC2)C1. The number of carboxylic acid groups (broad SMARTS) is 1. The van der Waals surface area contributed by atoms with Crippen LogP contribution >= 0.6 is 0 Å². The molecule has 1 aromatic rings. The van der Waals surface area contributed by atoms with E-state index in [1.54, 1.807) is 22.9 Å². The van der Waals surface area contributed by atoms with Crippen LogP contribution in [0, 0.1) is 0 Å². The maximum absolute atomic E-state index is 13.2. The summed E-state index contributed by atoms with van der Waals surface area (Å²) in [5, 5.41) is 13.7. The molecule has 1 amide bonds. The first-order valence-electron chi connectivity index (χ1n) is 9.08. The van der Waals surface area contributed by atoms with E-state index in [-0.39, 0.29) is 24.5 Å². The molecule has 0 radical (unpaired) electrons. The van der Waals surface area contributed by atoms with Crippen molar-refractivity contribution in [2.24, 2.45) is 7.05 Å². The van der Waals surface area contributed by atoms with Crippen molar-refractivity contribution in [1.29, 1.82) is 0 Å². The number of carboxylic acids is 1. The molecule has 1 saturated carbocycles. The number of rotatable bonds is 5. The first kappa shape index (κ1) is 17.9. The first-order valence-corrected chi connectivity index (χ1v) is 9.08. The lowest BCUT2D eigenvalue weighted by Crippen LogP contribution is -2.37. The van der Waals surface area contributed by atoms with E-state index in [4.69, 9.17) is 4.74 Å². The monoisotopic (exact) mass is 349 g/mol. The number of aromatic nitrogens is 2. The molecule has 2 atom stereocenters. The predicted molar refractivity (Wildman–Crippen MR) is 91.5 cm³/mol. The smallest absolute Gasteiger partial charge is 0.305 e. The molecular formula is C18H27N3O4. The zero-order valence-electron chi connectivity index (χ0n) is 15.0. The quantitative estimate of drug-likeness (QED) is 0.881. The van der Waals surface area contributed by atoms with Gasteiger partial charge in [0.15, 0.2) is 0 Å². The highest BCUT2D eigenvalue weighted by atomic mass is 16.5. The van der Waals surface area contributed by atoms with Crippen molar-refractivity contribution in [3.63, 3.8) is 0 Å². The zero-order valence-corrected chi connectivity index (χ0v) is 15.0. The van der Waals surface area contributed by atoms with Gasteiger partial charge in [0, 0.05) is 38.9 Å². The number of amides is 1. The molecule has 7 nitrogen and oxygen atoms in total. The second-order valence-electron chi connectivity index (χ2n) is 7.24. The van der Waals surface area contributed by atoms with Crippen molar-refractivity contribution in [2.45, 2.75) is 63.0 Å². The van der Waals surface area contributed by atoms with Gasteiger partial charge in [-0.2, -0.15) is 5.10 Å². The average molecular weight is 349 g/mol. The van der Waals surface area contributed by atoms with E-state index in [9.17, 15) is 14.7 Å². The fraction of sp³-hybridized carbons (Fsp3) is 0.722. The molecule has 0 aromatic carbocycles. The summed E-state index contributed by atoms with van der Waals surface area (Å²) >= 11 is 0. The van der Waals surface area contributed by atoms with Crippen LogP contribution in [-0.2, 0) is 16.6 Å². The normalized spacial score (nSPS) is 24.6. The fourth-order valence-electron chi connectivity index (χ4n) is 4.19. The van der Waals surface area contributed by atoms with Crippen LogP contribution < -0.4 is 0 Å². The average Bonchev–Trinajstić information content (AvgIpc) is 3.18. The molecule has 2 aliphatic rings. The molecule has 0 bridgehead atoms. The van der Waals surface area contributed by atoms with E-state index in [0.29, 0.717) is 24.4 Å². The van der Waals surface area contributed by atoms with Gasteiger partial charge in [-0.25, -0.2) is 0 Å². The van der Waals surface area contributed by atoms with Crippen LogP contribution in [0.2, 0.25) is 0 Å². The molecule has 3 rings (SSSR count). The molecule has 1 saturated heterocycles. The maximum atomic E-state index is 13.2. The molecule has 1 aliphatic carbocycles. The van der Waals surface area contributed by atoms with E-state index in [2.05, 4.69) is 5.10 Å². The van der Waals surface area contributed by atoms with Gasteiger partial charge in [0.25, 0.3) is 5.91 Å². The Labute approximate surface area is 147 Å². The van der Waals surface area contributed by atoms with Crippen molar-refractivity contribution in [2.75, 3.05) is 13.7 Å². The molecule has 1 aromatic heterocycles. The Kier molecular flexibility index (Phi) is 5.42. The van der Waals surface area contributed by atoms with Crippen LogP contribution in [0.1, 0.15) is 66.9 Å². The summed E-state index contributed by atoms with van der Waals surface area (Å²) in [6.07, 6.45) is 7.91. The van der Waals surface area contributed by atoms with E-state index >= 15 is 0 Å². The number of hydrogen-bond acceptors (Lipinski definition) is 4. The minimum absolute atomic E-state index is 0.0510. The third kappa shape index (κ3) is 3.86. The van der Waals surface area contributed by atoms with E-state index in [1.807, 2.05) is 7.05 Å².